The number of carbonyl (C=O) groups excluding carboxylic acids is 2. The summed E-state index contributed by atoms with van der Waals surface area (Å²) in [6.07, 6.45) is 1.59. The number of anilines is 2. The summed E-state index contributed by atoms with van der Waals surface area (Å²) in [5.74, 6) is -1.03. The number of carbonyl (C=O) groups is 2. The maximum absolute atomic E-state index is 13.8. The van der Waals surface area contributed by atoms with Crippen molar-refractivity contribution in [3.8, 4) is 5.69 Å². The maximum Gasteiger partial charge on any atom is 0.270 e. The van der Waals surface area contributed by atoms with Crippen molar-refractivity contribution in [1.29, 1.82) is 0 Å². The van der Waals surface area contributed by atoms with E-state index in [9.17, 15) is 19.7 Å². The first-order chi connectivity index (χ1) is 18.3. The molecule has 0 N–H and O–H groups in total. The summed E-state index contributed by atoms with van der Waals surface area (Å²) in [5.41, 5.74) is 4.09. The number of rotatable bonds is 5. The highest BCUT2D eigenvalue weighted by Gasteiger charge is 2.41. The summed E-state index contributed by atoms with van der Waals surface area (Å²) in [6, 6.07) is 26.0. The zero-order valence-electron chi connectivity index (χ0n) is 20.6. The van der Waals surface area contributed by atoms with Crippen molar-refractivity contribution in [2.75, 3.05) is 9.80 Å². The highest BCUT2D eigenvalue weighted by atomic mass is 32.1. The van der Waals surface area contributed by atoms with Crippen LogP contribution < -0.4 is 9.80 Å². The third kappa shape index (κ3) is 4.29. The number of aromatic nitrogens is 1. The average molecular weight is 523 g/mol. The highest BCUT2D eigenvalue weighted by Crippen LogP contribution is 2.31. The molecular formula is C29H22N4O4S. The Kier molecular flexibility index (Phi) is 6.44. The Morgan fingerprint density at radius 2 is 1.26 bits per heavy atom. The molecule has 4 aromatic rings. The van der Waals surface area contributed by atoms with E-state index in [-0.39, 0.29) is 16.4 Å². The molecule has 3 aromatic carbocycles. The van der Waals surface area contributed by atoms with Crippen LogP contribution in [0, 0.1) is 24.0 Å². The summed E-state index contributed by atoms with van der Waals surface area (Å²) >= 11 is 5.66. The lowest BCUT2D eigenvalue weighted by molar-refractivity contribution is -0.384. The normalized spacial score (nSPS) is 13.7. The third-order valence-corrected chi connectivity index (χ3v) is 6.73. The van der Waals surface area contributed by atoms with E-state index in [1.54, 1.807) is 66.7 Å². The second-order valence-electron chi connectivity index (χ2n) is 8.73. The largest absolute Gasteiger partial charge is 0.318 e. The van der Waals surface area contributed by atoms with Crippen LogP contribution in [0.3, 0.4) is 0 Å². The number of non-ortho nitro benzene ring substituents is 1. The van der Waals surface area contributed by atoms with Gasteiger partial charge in [-0.05, 0) is 80.2 Å². The lowest BCUT2D eigenvalue weighted by atomic mass is 10.1. The summed E-state index contributed by atoms with van der Waals surface area (Å²) in [7, 11) is 0. The van der Waals surface area contributed by atoms with Gasteiger partial charge in [0, 0.05) is 29.2 Å². The fourth-order valence-corrected chi connectivity index (χ4v) is 4.93. The maximum atomic E-state index is 13.8. The predicted molar refractivity (Wildman–Crippen MR) is 150 cm³/mol. The smallest absolute Gasteiger partial charge is 0.270 e. The monoisotopic (exact) mass is 522 g/mol. The summed E-state index contributed by atoms with van der Waals surface area (Å²) < 4.78 is 1.92. The van der Waals surface area contributed by atoms with Crippen LogP contribution >= 0.6 is 12.2 Å². The first-order valence-electron chi connectivity index (χ1n) is 11.8. The van der Waals surface area contributed by atoms with Crippen molar-refractivity contribution in [2.45, 2.75) is 13.8 Å². The van der Waals surface area contributed by atoms with E-state index in [4.69, 9.17) is 12.2 Å². The van der Waals surface area contributed by atoms with Crippen LogP contribution in [-0.4, -0.2) is 26.4 Å². The van der Waals surface area contributed by atoms with Crippen LogP contribution in [0.4, 0.5) is 17.1 Å². The predicted octanol–water partition coefficient (Wildman–Crippen LogP) is 5.75. The van der Waals surface area contributed by atoms with E-state index in [0.717, 1.165) is 17.1 Å². The third-order valence-electron chi connectivity index (χ3n) is 6.37. The van der Waals surface area contributed by atoms with Gasteiger partial charge in [0.05, 0.1) is 16.3 Å². The van der Waals surface area contributed by atoms with Gasteiger partial charge in [-0.25, -0.2) is 0 Å². The first kappa shape index (κ1) is 24.8. The number of nitrogens with zero attached hydrogens (tertiary/aromatic N) is 4. The molecule has 1 saturated heterocycles. The standard InChI is InChI=1S/C29H22N4O4S/c1-19-17-21(20(2)30(19)24-13-15-25(16-14-24)33(36)37)18-26-27(34)31(22-9-5-3-6-10-22)29(38)32(28(26)35)23-11-7-4-8-12-23/h3-18H,1-2H3. The van der Waals surface area contributed by atoms with Crippen LogP contribution in [0.25, 0.3) is 11.8 Å². The molecule has 8 nitrogen and oxygen atoms in total. The van der Waals surface area contributed by atoms with Crippen molar-refractivity contribution in [3.63, 3.8) is 0 Å². The minimum absolute atomic E-state index is 0.00470. The molecule has 0 bridgehead atoms. The minimum Gasteiger partial charge on any atom is -0.318 e. The van der Waals surface area contributed by atoms with Gasteiger partial charge in [0.2, 0.25) is 0 Å². The number of benzene rings is 3. The number of hydrogen-bond donors (Lipinski definition) is 0. The fraction of sp³-hybridized carbons (Fsp3) is 0.0690. The van der Waals surface area contributed by atoms with E-state index in [1.807, 2.05) is 36.6 Å². The molecule has 38 heavy (non-hydrogen) atoms. The molecule has 0 radical (unpaired) electrons. The van der Waals surface area contributed by atoms with Crippen molar-refractivity contribution in [1.82, 2.24) is 4.57 Å². The molecule has 5 rings (SSSR count). The molecule has 1 aliphatic rings. The zero-order valence-corrected chi connectivity index (χ0v) is 21.4. The van der Waals surface area contributed by atoms with Gasteiger partial charge in [0.25, 0.3) is 17.5 Å². The Balaban J connectivity index is 1.62. The van der Waals surface area contributed by atoms with E-state index < -0.39 is 16.7 Å². The minimum atomic E-state index is -0.515. The molecule has 1 fully saturated rings. The fourth-order valence-electron chi connectivity index (χ4n) is 4.55. The summed E-state index contributed by atoms with van der Waals surface area (Å²) in [5, 5.41) is 11.1. The summed E-state index contributed by atoms with van der Waals surface area (Å²) in [6.45, 7) is 3.76. The average Bonchev–Trinajstić information content (AvgIpc) is 3.20. The van der Waals surface area contributed by atoms with Gasteiger partial charge in [0.15, 0.2) is 5.11 Å². The van der Waals surface area contributed by atoms with Gasteiger partial charge in [0.1, 0.15) is 5.57 Å². The first-order valence-corrected chi connectivity index (χ1v) is 12.2. The van der Waals surface area contributed by atoms with Crippen LogP contribution in [0.1, 0.15) is 17.0 Å². The van der Waals surface area contributed by atoms with Gasteiger partial charge >= 0.3 is 0 Å². The second kappa shape index (κ2) is 9.87. The van der Waals surface area contributed by atoms with Crippen LogP contribution in [-0.2, 0) is 9.59 Å². The number of nitro benzene ring substituents is 1. The molecule has 0 saturated carbocycles. The molecule has 0 spiro atoms. The van der Waals surface area contributed by atoms with Crippen molar-refractivity contribution >= 4 is 52.3 Å². The molecule has 2 amide bonds. The summed E-state index contributed by atoms with van der Waals surface area (Å²) in [4.78, 5) is 40.9. The molecular weight excluding hydrogens is 500 g/mol. The lowest BCUT2D eigenvalue weighted by Crippen LogP contribution is -2.56. The Morgan fingerprint density at radius 1 is 0.763 bits per heavy atom. The molecule has 1 aliphatic heterocycles. The lowest BCUT2D eigenvalue weighted by Gasteiger charge is -2.36. The quantitative estimate of drug-likeness (QED) is 0.109. The van der Waals surface area contributed by atoms with Crippen molar-refractivity contribution in [2.24, 2.45) is 0 Å². The van der Waals surface area contributed by atoms with E-state index in [0.29, 0.717) is 16.9 Å². The Labute approximate surface area is 224 Å². The van der Waals surface area contributed by atoms with Gasteiger partial charge in [-0.15, -0.1) is 0 Å². The molecule has 9 heteroatoms. The van der Waals surface area contributed by atoms with Gasteiger partial charge in [-0.3, -0.25) is 29.5 Å². The second-order valence-corrected chi connectivity index (χ2v) is 9.09. The van der Waals surface area contributed by atoms with Crippen LogP contribution in [0.5, 0.6) is 0 Å². The van der Waals surface area contributed by atoms with Gasteiger partial charge < -0.3 is 4.57 Å². The van der Waals surface area contributed by atoms with Crippen molar-refractivity contribution < 1.29 is 14.5 Å². The van der Waals surface area contributed by atoms with Crippen LogP contribution in [0.15, 0.2) is 96.6 Å². The molecule has 2 heterocycles. The van der Waals surface area contributed by atoms with Crippen LogP contribution in [0.2, 0.25) is 0 Å². The zero-order chi connectivity index (χ0) is 27.0. The van der Waals surface area contributed by atoms with Gasteiger partial charge in [-0.1, -0.05) is 36.4 Å². The molecule has 0 unspecified atom stereocenters. The number of aryl methyl sites for hydroxylation is 1. The number of para-hydroxylation sites is 2. The number of thiocarbonyl (C=S) groups is 1. The molecule has 0 aliphatic carbocycles. The number of hydrogen-bond acceptors (Lipinski definition) is 5. The number of amides is 2. The Bertz CT molecular complexity index is 1550. The molecule has 1 aromatic heterocycles. The van der Waals surface area contributed by atoms with E-state index >= 15 is 0 Å². The topological polar surface area (TPSA) is 88.7 Å². The Morgan fingerprint density at radius 3 is 1.74 bits per heavy atom. The van der Waals surface area contributed by atoms with E-state index in [2.05, 4.69) is 0 Å². The number of nitro groups is 1. The highest BCUT2D eigenvalue weighted by molar-refractivity contribution is 7.81. The Hall–Kier alpha value is -4.89. The van der Waals surface area contributed by atoms with E-state index in [1.165, 1.54) is 21.9 Å². The molecule has 188 valence electrons. The SMILES string of the molecule is Cc1cc(C=C2C(=O)N(c3ccccc3)C(=S)N(c3ccccc3)C2=O)c(C)n1-c1ccc([N+](=O)[O-])cc1. The van der Waals surface area contributed by atoms with Crippen molar-refractivity contribution in [3.05, 3.63) is 124 Å². The molecule has 0 atom stereocenters. The van der Waals surface area contributed by atoms with Gasteiger partial charge in [-0.2, -0.15) is 0 Å².